The third kappa shape index (κ3) is 4.46. The second-order valence-corrected chi connectivity index (χ2v) is 4.85. The van der Waals surface area contributed by atoms with Crippen LogP contribution < -0.4 is 10.1 Å². The zero-order valence-electron chi connectivity index (χ0n) is 11.8. The lowest BCUT2D eigenvalue weighted by atomic mass is 10.1. The summed E-state index contributed by atoms with van der Waals surface area (Å²) >= 11 is 6.12. The van der Waals surface area contributed by atoms with Crippen LogP contribution in [-0.4, -0.2) is 24.0 Å². The highest BCUT2D eigenvalue weighted by molar-refractivity contribution is 6.32. The van der Waals surface area contributed by atoms with Crippen LogP contribution in [0.5, 0.6) is 5.75 Å². The highest BCUT2D eigenvalue weighted by Gasteiger charge is 2.05. The molecule has 0 aliphatic heterocycles. The Morgan fingerprint density at radius 1 is 1.38 bits per heavy atom. The normalized spacial score (nSPS) is 10.2. The Morgan fingerprint density at radius 2 is 2.24 bits per heavy atom. The Kier molecular flexibility index (Phi) is 5.58. The fraction of sp³-hybridized carbons (Fsp3) is 0.250. The largest absolute Gasteiger partial charge is 0.492 e. The first-order valence-electron chi connectivity index (χ1n) is 6.80. The summed E-state index contributed by atoms with van der Waals surface area (Å²) in [7, 11) is 0. The average Bonchev–Trinajstić information content (AvgIpc) is 2.51. The van der Waals surface area contributed by atoms with Gasteiger partial charge in [-0.3, -0.25) is 9.78 Å². The smallest absolute Gasteiger partial charge is 0.252 e. The molecule has 1 aromatic carbocycles. The van der Waals surface area contributed by atoms with Gasteiger partial charge in [-0.05, 0) is 43.2 Å². The number of amides is 1. The van der Waals surface area contributed by atoms with Crippen molar-refractivity contribution in [2.75, 3.05) is 13.2 Å². The van der Waals surface area contributed by atoms with Gasteiger partial charge in [-0.15, -0.1) is 0 Å². The highest BCUT2D eigenvalue weighted by atomic mass is 35.5. The summed E-state index contributed by atoms with van der Waals surface area (Å²) in [5, 5.41) is 3.44. The standard InChI is InChI=1S/C16H17ClN2O2/c1-2-21-15-6-5-12(10-14(15)17)7-9-19-16(20)13-4-3-8-18-11-13/h3-6,8,10-11H,2,7,9H2,1H3,(H,19,20). The van der Waals surface area contributed by atoms with Crippen LogP contribution in [0.15, 0.2) is 42.7 Å². The van der Waals surface area contributed by atoms with Gasteiger partial charge < -0.3 is 10.1 Å². The molecule has 0 saturated heterocycles. The quantitative estimate of drug-likeness (QED) is 0.892. The summed E-state index contributed by atoms with van der Waals surface area (Å²) in [4.78, 5) is 15.8. The first-order valence-corrected chi connectivity index (χ1v) is 7.18. The molecule has 0 radical (unpaired) electrons. The van der Waals surface area contributed by atoms with Gasteiger partial charge in [0.05, 0.1) is 17.2 Å². The van der Waals surface area contributed by atoms with Crippen LogP contribution in [0.2, 0.25) is 5.02 Å². The van der Waals surface area contributed by atoms with Crippen molar-refractivity contribution < 1.29 is 9.53 Å². The summed E-state index contributed by atoms with van der Waals surface area (Å²) in [6, 6.07) is 9.14. The molecule has 2 rings (SSSR count). The molecular formula is C16H17ClN2O2. The van der Waals surface area contributed by atoms with Crippen molar-refractivity contribution in [3.63, 3.8) is 0 Å². The number of aromatic nitrogens is 1. The van der Waals surface area contributed by atoms with Crippen molar-refractivity contribution in [1.82, 2.24) is 10.3 Å². The van der Waals surface area contributed by atoms with Crippen LogP contribution >= 0.6 is 11.6 Å². The number of pyridine rings is 1. The molecule has 1 amide bonds. The maximum atomic E-state index is 11.8. The molecule has 5 heteroatoms. The molecule has 0 fully saturated rings. The van der Waals surface area contributed by atoms with Crippen LogP contribution in [0.3, 0.4) is 0 Å². The van der Waals surface area contributed by atoms with E-state index in [9.17, 15) is 4.79 Å². The Labute approximate surface area is 129 Å². The van der Waals surface area contributed by atoms with E-state index >= 15 is 0 Å². The fourth-order valence-corrected chi connectivity index (χ4v) is 2.15. The molecule has 1 heterocycles. The van der Waals surface area contributed by atoms with Crippen molar-refractivity contribution in [2.24, 2.45) is 0 Å². The van der Waals surface area contributed by atoms with Crippen molar-refractivity contribution in [3.05, 3.63) is 58.9 Å². The van der Waals surface area contributed by atoms with E-state index in [4.69, 9.17) is 16.3 Å². The minimum atomic E-state index is -0.125. The van der Waals surface area contributed by atoms with E-state index in [2.05, 4.69) is 10.3 Å². The number of hydrogen-bond donors (Lipinski definition) is 1. The Balaban J connectivity index is 1.86. The topological polar surface area (TPSA) is 51.2 Å². The molecule has 0 aliphatic rings. The maximum Gasteiger partial charge on any atom is 0.252 e. The van der Waals surface area contributed by atoms with E-state index in [0.29, 0.717) is 35.9 Å². The molecule has 21 heavy (non-hydrogen) atoms. The molecule has 4 nitrogen and oxygen atoms in total. The van der Waals surface area contributed by atoms with Crippen LogP contribution in [0, 0.1) is 0 Å². The Bertz CT molecular complexity index is 602. The maximum absolute atomic E-state index is 11.8. The molecule has 0 bridgehead atoms. The second-order valence-electron chi connectivity index (χ2n) is 4.45. The second kappa shape index (κ2) is 7.64. The van der Waals surface area contributed by atoms with Gasteiger partial charge in [0, 0.05) is 18.9 Å². The molecule has 0 aliphatic carbocycles. The SMILES string of the molecule is CCOc1ccc(CCNC(=O)c2cccnc2)cc1Cl. The third-order valence-corrected chi connectivity index (χ3v) is 3.21. The van der Waals surface area contributed by atoms with Gasteiger partial charge in [0.2, 0.25) is 0 Å². The number of carbonyl (C=O) groups excluding carboxylic acids is 1. The number of nitrogens with zero attached hydrogens (tertiary/aromatic N) is 1. The summed E-state index contributed by atoms with van der Waals surface area (Å²) in [6.07, 6.45) is 3.89. The zero-order chi connectivity index (χ0) is 15.1. The summed E-state index contributed by atoms with van der Waals surface area (Å²) in [5.74, 6) is 0.558. The number of rotatable bonds is 6. The van der Waals surface area contributed by atoms with Gasteiger partial charge in [0.15, 0.2) is 0 Å². The van der Waals surface area contributed by atoms with Gasteiger partial charge in [-0.1, -0.05) is 17.7 Å². The molecule has 1 N–H and O–H groups in total. The predicted molar refractivity (Wildman–Crippen MR) is 82.9 cm³/mol. The summed E-state index contributed by atoms with van der Waals surface area (Å²) in [6.45, 7) is 3.04. The lowest BCUT2D eigenvalue weighted by molar-refractivity contribution is 0.0954. The van der Waals surface area contributed by atoms with Gasteiger partial charge in [-0.25, -0.2) is 0 Å². The Morgan fingerprint density at radius 3 is 2.90 bits per heavy atom. The van der Waals surface area contributed by atoms with Crippen LogP contribution in [0.1, 0.15) is 22.8 Å². The van der Waals surface area contributed by atoms with Crippen molar-refractivity contribution >= 4 is 17.5 Å². The fourth-order valence-electron chi connectivity index (χ4n) is 1.89. The zero-order valence-corrected chi connectivity index (χ0v) is 12.6. The summed E-state index contributed by atoms with van der Waals surface area (Å²) in [5.41, 5.74) is 1.61. The minimum Gasteiger partial charge on any atom is -0.492 e. The van der Waals surface area contributed by atoms with E-state index in [0.717, 1.165) is 5.56 Å². The molecule has 1 aromatic heterocycles. The minimum absolute atomic E-state index is 0.125. The first-order chi connectivity index (χ1) is 10.2. The number of carbonyl (C=O) groups is 1. The molecule has 0 saturated carbocycles. The van der Waals surface area contributed by atoms with Crippen LogP contribution in [0.4, 0.5) is 0 Å². The van der Waals surface area contributed by atoms with E-state index in [1.54, 1.807) is 24.5 Å². The number of ether oxygens (including phenoxy) is 1. The molecule has 110 valence electrons. The predicted octanol–water partition coefficient (Wildman–Crippen LogP) is 3.11. The Hall–Kier alpha value is -2.07. The van der Waals surface area contributed by atoms with E-state index in [1.807, 2.05) is 25.1 Å². The van der Waals surface area contributed by atoms with Crippen molar-refractivity contribution in [2.45, 2.75) is 13.3 Å². The average molecular weight is 305 g/mol. The van der Waals surface area contributed by atoms with E-state index in [-0.39, 0.29) is 5.91 Å². The number of benzene rings is 1. The van der Waals surface area contributed by atoms with E-state index < -0.39 is 0 Å². The van der Waals surface area contributed by atoms with Crippen molar-refractivity contribution in [3.8, 4) is 5.75 Å². The van der Waals surface area contributed by atoms with Crippen molar-refractivity contribution in [1.29, 1.82) is 0 Å². The molecule has 0 spiro atoms. The first kappa shape index (κ1) is 15.3. The van der Waals surface area contributed by atoms with Gasteiger partial charge in [-0.2, -0.15) is 0 Å². The molecular weight excluding hydrogens is 288 g/mol. The van der Waals surface area contributed by atoms with Gasteiger partial charge in [0.25, 0.3) is 5.91 Å². The van der Waals surface area contributed by atoms with Crippen LogP contribution in [0.25, 0.3) is 0 Å². The molecule has 0 atom stereocenters. The lowest BCUT2D eigenvalue weighted by Gasteiger charge is -2.08. The van der Waals surface area contributed by atoms with Gasteiger partial charge in [0.1, 0.15) is 5.75 Å². The highest BCUT2D eigenvalue weighted by Crippen LogP contribution is 2.25. The number of nitrogens with one attached hydrogen (secondary N) is 1. The third-order valence-electron chi connectivity index (χ3n) is 2.92. The molecule has 2 aromatic rings. The van der Waals surface area contributed by atoms with Crippen LogP contribution in [-0.2, 0) is 6.42 Å². The number of halogens is 1. The summed E-state index contributed by atoms with van der Waals surface area (Å²) < 4.78 is 5.38. The lowest BCUT2D eigenvalue weighted by Crippen LogP contribution is -2.25. The van der Waals surface area contributed by atoms with Gasteiger partial charge >= 0.3 is 0 Å². The van der Waals surface area contributed by atoms with E-state index in [1.165, 1.54) is 0 Å². The molecule has 0 unspecified atom stereocenters. The monoisotopic (exact) mass is 304 g/mol. The number of hydrogen-bond acceptors (Lipinski definition) is 3.